The number of aryl methyl sites for hydroxylation is 1. The van der Waals surface area contributed by atoms with E-state index < -0.39 is 0 Å². The van der Waals surface area contributed by atoms with Gasteiger partial charge in [0.05, 0.1) is 6.42 Å². The first-order valence-electron chi connectivity index (χ1n) is 7.13. The lowest BCUT2D eigenvalue weighted by Gasteiger charge is -2.29. The lowest BCUT2D eigenvalue weighted by Crippen LogP contribution is -2.42. The highest BCUT2D eigenvalue weighted by Gasteiger charge is 2.31. The molecule has 104 valence electrons. The summed E-state index contributed by atoms with van der Waals surface area (Å²) in [5.41, 5.74) is 8.11. The minimum absolute atomic E-state index is 0.208. The summed E-state index contributed by atoms with van der Waals surface area (Å²) in [7, 11) is 1.93. The average Bonchev–Trinajstić information content (AvgIpc) is 2.88. The summed E-state index contributed by atoms with van der Waals surface area (Å²) in [6.07, 6.45) is 3.94. The molecule has 0 saturated heterocycles. The second kappa shape index (κ2) is 6.20. The van der Waals surface area contributed by atoms with Gasteiger partial charge in [-0.25, -0.2) is 0 Å². The maximum atomic E-state index is 12.4. The molecule has 0 heterocycles. The summed E-state index contributed by atoms with van der Waals surface area (Å²) in [6, 6.07) is 8.43. The molecule has 1 aliphatic rings. The first-order valence-corrected chi connectivity index (χ1v) is 7.13. The first kappa shape index (κ1) is 14.1. The summed E-state index contributed by atoms with van der Waals surface area (Å²) < 4.78 is 0. The molecule has 2 atom stereocenters. The number of likely N-dealkylation sites (N-methyl/N-ethyl adjacent to an activating group) is 1. The van der Waals surface area contributed by atoms with E-state index in [1.807, 2.05) is 30.1 Å². The van der Waals surface area contributed by atoms with Crippen LogP contribution in [0.3, 0.4) is 0 Å². The molecular weight excluding hydrogens is 236 g/mol. The highest BCUT2D eigenvalue weighted by molar-refractivity contribution is 5.79. The van der Waals surface area contributed by atoms with Gasteiger partial charge in [0.1, 0.15) is 0 Å². The fourth-order valence-corrected chi connectivity index (χ4v) is 3.08. The number of amides is 1. The van der Waals surface area contributed by atoms with Gasteiger partial charge in [0, 0.05) is 13.1 Å². The van der Waals surface area contributed by atoms with E-state index in [1.165, 1.54) is 12.0 Å². The van der Waals surface area contributed by atoms with E-state index in [1.54, 1.807) is 0 Å². The van der Waals surface area contributed by atoms with Gasteiger partial charge in [-0.05, 0) is 43.4 Å². The molecule has 2 rings (SSSR count). The van der Waals surface area contributed by atoms with Crippen molar-refractivity contribution in [2.75, 3.05) is 13.6 Å². The van der Waals surface area contributed by atoms with Crippen LogP contribution in [0.4, 0.5) is 0 Å². The summed E-state index contributed by atoms with van der Waals surface area (Å²) in [6.45, 7) is 2.74. The molecule has 1 aromatic rings. The second-order valence-corrected chi connectivity index (χ2v) is 5.60. The van der Waals surface area contributed by atoms with E-state index >= 15 is 0 Å². The SMILES string of the molecule is Cc1ccccc1CC(=O)N(C)C1CCCC1CN. The number of hydrogen-bond acceptors (Lipinski definition) is 2. The van der Waals surface area contributed by atoms with Gasteiger partial charge in [0.15, 0.2) is 0 Å². The van der Waals surface area contributed by atoms with Crippen LogP contribution < -0.4 is 5.73 Å². The molecule has 0 spiro atoms. The van der Waals surface area contributed by atoms with Crippen molar-refractivity contribution in [1.82, 2.24) is 4.90 Å². The van der Waals surface area contributed by atoms with E-state index in [2.05, 4.69) is 13.0 Å². The smallest absolute Gasteiger partial charge is 0.227 e. The predicted molar refractivity (Wildman–Crippen MR) is 77.8 cm³/mol. The lowest BCUT2D eigenvalue weighted by atomic mass is 10.0. The number of hydrogen-bond donors (Lipinski definition) is 1. The van der Waals surface area contributed by atoms with Gasteiger partial charge in [0.25, 0.3) is 0 Å². The normalized spacial score (nSPS) is 22.5. The number of nitrogens with two attached hydrogens (primary N) is 1. The van der Waals surface area contributed by atoms with Crippen LogP contribution in [0.1, 0.15) is 30.4 Å². The van der Waals surface area contributed by atoms with E-state index in [-0.39, 0.29) is 5.91 Å². The third kappa shape index (κ3) is 3.16. The number of benzene rings is 1. The predicted octanol–water partition coefficient (Wildman–Crippen LogP) is 2.12. The van der Waals surface area contributed by atoms with Crippen molar-refractivity contribution in [1.29, 1.82) is 0 Å². The quantitative estimate of drug-likeness (QED) is 0.901. The summed E-state index contributed by atoms with van der Waals surface area (Å²) >= 11 is 0. The molecule has 2 unspecified atom stereocenters. The highest BCUT2D eigenvalue weighted by Crippen LogP contribution is 2.28. The molecule has 1 amide bonds. The van der Waals surface area contributed by atoms with Crippen molar-refractivity contribution in [2.45, 2.75) is 38.6 Å². The summed E-state index contributed by atoms with van der Waals surface area (Å²) in [4.78, 5) is 14.3. The van der Waals surface area contributed by atoms with Gasteiger partial charge in [-0.2, -0.15) is 0 Å². The Bertz CT molecular complexity index is 444. The van der Waals surface area contributed by atoms with Crippen molar-refractivity contribution in [3.63, 3.8) is 0 Å². The van der Waals surface area contributed by atoms with E-state index in [9.17, 15) is 4.79 Å². The Labute approximate surface area is 115 Å². The van der Waals surface area contributed by atoms with Crippen molar-refractivity contribution in [3.8, 4) is 0 Å². The van der Waals surface area contributed by atoms with Crippen LogP contribution in [0.5, 0.6) is 0 Å². The third-order valence-corrected chi connectivity index (χ3v) is 4.42. The molecule has 3 nitrogen and oxygen atoms in total. The van der Waals surface area contributed by atoms with E-state index in [0.29, 0.717) is 24.9 Å². The molecule has 0 aromatic heterocycles. The Hall–Kier alpha value is -1.35. The lowest BCUT2D eigenvalue weighted by molar-refractivity contribution is -0.131. The fourth-order valence-electron chi connectivity index (χ4n) is 3.08. The molecule has 1 aromatic carbocycles. The monoisotopic (exact) mass is 260 g/mol. The highest BCUT2D eigenvalue weighted by atomic mass is 16.2. The van der Waals surface area contributed by atoms with Crippen molar-refractivity contribution < 1.29 is 4.79 Å². The van der Waals surface area contributed by atoms with E-state index in [0.717, 1.165) is 18.4 Å². The molecule has 2 N–H and O–H groups in total. The zero-order valence-electron chi connectivity index (χ0n) is 11.9. The van der Waals surface area contributed by atoms with Crippen molar-refractivity contribution >= 4 is 5.91 Å². The molecule has 19 heavy (non-hydrogen) atoms. The zero-order valence-corrected chi connectivity index (χ0v) is 11.9. The average molecular weight is 260 g/mol. The molecule has 1 fully saturated rings. The minimum atomic E-state index is 0.208. The van der Waals surface area contributed by atoms with Gasteiger partial charge in [-0.1, -0.05) is 30.7 Å². The Morgan fingerprint density at radius 3 is 2.79 bits per heavy atom. The van der Waals surface area contributed by atoms with Gasteiger partial charge >= 0.3 is 0 Å². The van der Waals surface area contributed by atoms with Crippen molar-refractivity contribution in [3.05, 3.63) is 35.4 Å². The van der Waals surface area contributed by atoms with Crippen molar-refractivity contribution in [2.24, 2.45) is 11.7 Å². The Balaban J connectivity index is 2.02. The van der Waals surface area contributed by atoms with E-state index in [4.69, 9.17) is 5.73 Å². The number of carbonyl (C=O) groups is 1. The van der Waals surface area contributed by atoms with Crippen LogP contribution in [-0.2, 0) is 11.2 Å². The number of nitrogens with zero attached hydrogens (tertiary/aromatic N) is 1. The molecule has 1 saturated carbocycles. The maximum Gasteiger partial charge on any atom is 0.227 e. The van der Waals surface area contributed by atoms with Crippen LogP contribution >= 0.6 is 0 Å². The number of carbonyl (C=O) groups excluding carboxylic acids is 1. The largest absolute Gasteiger partial charge is 0.342 e. The van der Waals surface area contributed by atoms with Gasteiger partial charge in [0.2, 0.25) is 5.91 Å². The van der Waals surface area contributed by atoms with Gasteiger partial charge in [-0.15, -0.1) is 0 Å². The standard InChI is InChI=1S/C16H24N2O/c1-12-6-3-4-7-13(12)10-16(19)18(2)15-9-5-8-14(15)11-17/h3-4,6-7,14-15H,5,8-11,17H2,1-2H3. The minimum Gasteiger partial charge on any atom is -0.342 e. The molecular formula is C16H24N2O. The molecule has 3 heteroatoms. The zero-order chi connectivity index (χ0) is 13.8. The van der Waals surface area contributed by atoms with Crippen LogP contribution in [0.2, 0.25) is 0 Å². The molecule has 1 aliphatic carbocycles. The Morgan fingerprint density at radius 1 is 1.37 bits per heavy atom. The Morgan fingerprint density at radius 2 is 2.11 bits per heavy atom. The fraction of sp³-hybridized carbons (Fsp3) is 0.562. The van der Waals surface area contributed by atoms with Crippen LogP contribution in [-0.4, -0.2) is 30.4 Å². The maximum absolute atomic E-state index is 12.4. The second-order valence-electron chi connectivity index (χ2n) is 5.60. The molecule has 0 radical (unpaired) electrons. The van der Waals surface area contributed by atoms with Crippen LogP contribution in [0.25, 0.3) is 0 Å². The van der Waals surface area contributed by atoms with Gasteiger partial charge < -0.3 is 10.6 Å². The van der Waals surface area contributed by atoms with Crippen LogP contribution in [0, 0.1) is 12.8 Å². The number of rotatable bonds is 4. The summed E-state index contributed by atoms with van der Waals surface area (Å²) in [5.74, 6) is 0.686. The first-order chi connectivity index (χ1) is 9.13. The Kier molecular flexibility index (Phi) is 4.59. The third-order valence-electron chi connectivity index (χ3n) is 4.42. The molecule has 0 bridgehead atoms. The van der Waals surface area contributed by atoms with Gasteiger partial charge in [-0.3, -0.25) is 4.79 Å². The molecule has 0 aliphatic heterocycles. The van der Waals surface area contributed by atoms with Crippen LogP contribution in [0.15, 0.2) is 24.3 Å². The summed E-state index contributed by atoms with van der Waals surface area (Å²) in [5, 5.41) is 0. The topological polar surface area (TPSA) is 46.3 Å².